The smallest absolute Gasteiger partial charge is 0.546 e. The Morgan fingerprint density at radius 1 is 1.03 bits per heavy atom. The number of carboxylic acid groups (broad SMARTS) is 1. The molecular weight excluding hydrogens is 479 g/mol. The van der Waals surface area contributed by atoms with Crippen molar-refractivity contribution < 1.29 is 53.3 Å². The molecule has 0 saturated carbocycles. The van der Waals surface area contributed by atoms with E-state index in [9.17, 15) is 9.90 Å². The molecule has 0 N–H and O–H groups in total. The van der Waals surface area contributed by atoms with E-state index >= 15 is 0 Å². The Balaban J connectivity index is 0.00000320. The third-order valence-corrected chi connectivity index (χ3v) is 6.35. The second-order valence-electron chi connectivity index (χ2n) is 8.81. The largest absolute Gasteiger partial charge is 1.00 e. The fraction of sp³-hybridized carbons (Fsp3) is 0.241. The van der Waals surface area contributed by atoms with Crippen molar-refractivity contribution in [2.75, 3.05) is 20.3 Å². The zero-order valence-corrected chi connectivity index (χ0v) is 23.0. The number of methoxy groups -OCH3 is 1. The van der Waals surface area contributed by atoms with Gasteiger partial charge in [0.05, 0.1) is 18.1 Å². The summed E-state index contributed by atoms with van der Waals surface area (Å²) in [5, 5.41) is 10.8. The van der Waals surface area contributed by atoms with Crippen molar-refractivity contribution in [1.29, 1.82) is 0 Å². The minimum Gasteiger partial charge on any atom is -0.546 e. The van der Waals surface area contributed by atoms with Gasteiger partial charge in [-0.1, -0.05) is 72.8 Å². The summed E-state index contributed by atoms with van der Waals surface area (Å²) in [5.41, 5.74) is 3.78. The van der Waals surface area contributed by atoms with Crippen LogP contribution >= 0.6 is 0 Å². The number of likely N-dealkylation sites (tertiary alicyclic amines) is 1. The predicted octanol–water partition coefficient (Wildman–Crippen LogP) is 1.10. The van der Waals surface area contributed by atoms with Crippen LogP contribution in [0, 0.1) is 0 Å². The van der Waals surface area contributed by atoms with Crippen molar-refractivity contribution in [3.63, 3.8) is 0 Å². The molecule has 5 rings (SSSR count). The van der Waals surface area contributed by atoms with Gasteiger partial charge in [-0.15, -0.1) is 0 Å². The van der Waals surface area contributed by atoms with E-state index in [1.165, 1.54) is 0 Å². The molecule has 0 radical (unpaired) electrons. The van der Waals surface area contributed by atoms with Crippen molar-refractivity contribution >= 4 is 5.97 Å². The molecular formula is C29H27N2NaO5. The molecule has 4 aromatic rings. The van der Waals surface area contributed by atoms with Gasteiger partial charge in [0.2, 0.25) is 5.89 Å². The van der Waals surface area contributed by atoms with Crippen molar-refractivity contribution in [1.82, 2.24) is 9.88 Å². The molecule has 8 heteroatoms. The molecule has 1 aromatic heterocycles. The van der Waals surface area contributed by atoms with Gasteiger partial charge in [0.25, 0.3) is 0 Å². The maximum absolute atomic E-state index is 10.8. The van der Waals surface area contributed by atoms with Gasteiger partial charge in [-0.3, -0.25) is 4.90 Å². The molecule has 1 aliphatic heterocycles. The molecule has 0 bridgehead atoms. The zero-order chi connectivity index (χ0) is 24.9. The van der Waals surface area contributed by atoms with Gasteiger partial charge in [0, 0.05) is 31.3 Å². The van der Waals surface area contributed by atoms with Crippen LogP contribution in [0.15, 0.2) is 89.3 Å². The van der Waals surface area contributed by atoms with E-state index in [0.717, 1.165) is 41.1 Å². The Kier molecular flexibility index (Phi) is 9.18. The van der Waals surface area contributed by atoms with Crippen LogP contribution in [0.2, 0.25) is 0 Å². The SMILES string of the molecule is CO[C@H]1C[C@H](c2nc(-c3ccccc3)c(-c3ccccc3)o2)N(Cc2cccc(OCC(=O)[O-])c2)C1.[Na+]. The minimum atomic E-state index is -1.25. The number of ether oxygens (including phenoxy) is 2. The Labute approximate surface area is 238 Å². The van der Waals surface area contributed by atoms with Gasteiger partial charge in [0.1, 0.15) is 18.1 Å². The van der Waals surface area contributed by atoms with E-state index < -0.39 is 12.6 Å². The molecule has 37 heavy (non-hydrogen) atoms. The van der Waals surface area contributed by atoms with Crippen LogP contribution in [0.1, 0.15) is 23.9 Å². The van der Waals surface area contributed by atoms with E-state index in [2.05, 4.69) is 4.90 Å². The Hall–Kier alpha value is -2.94. The third kappa shape index (κ3) is 6.50. The Bertz CT molecular complexity index is 1260. The van der Waals surface area contributed by atoms with Crippen molar-refractivity contribution in [2.24, 2.45) is 0 Å². The van der Waals surface area contributed by atoms with E-state index in [-0.39, 0.29) is 41.7 Å². The summed E-state index contributed by atoms with van der Waals surface area (Å²) in [6.07, 6.45) is 0.792. The summed E-state index contributed by atoms with van der Waals surface area (Å²) in [7, 11) is 1.72. The summed E-state index contributed by atoms with van der Waals surface area (Å²) in [5.74, 6) is 0.631. The Morgan fingerprint density at radius 3 is 2.41 bits per heavy atom. The standard InChI is InChI=1S/C29H28N2O5.Na/c1-34-24-16-25(31(18-24)17-20-9-8-14-23(15-20)35-19-26(32)33)29-30-27(21-10-4-2-5-11-21)28(36-29)22-12-6-3-7-13-22;/h2-15,24-25H,16-19H2,1H3,(H,32,33);/q;+1/p-1/t24-,25+;/m0./s1. The van der Waals surface area contributed by atoms with Crippen LogP contribution in [0.5, 0.6) is 5.75 Å². The average Bonchev–Trinajstić information content (AvgIpc) is 3.53. The number of carbonyl (C=O) groups is 1. The van der Waals surface area contributed by atoms with Gasteiger partial charge in [0.15, 0.2) is 5.76 Å². The molecule has 7 nitrogen and oxygen atoms in total. The predicted molar refractivity (Wildman–Crippen MR) is 133 cm³/mol. The quantitative estimate of drug-likeness (QED) is 0.314. The number of benzene rings is 3. The van der Waals surface area contributed by atoms with E-state index in [4.69, 9.17) is 18.9 Å². The van der Waals surface area contributed by atoms with Gasteiger partial charge >= 0.3 is 29.6 Å². The van der Waals surface area contributed by atoms with Crippen molar-refractivity contribution in [2.45, 2.75) is 25.1 Å². The summed E-state index contributed by atoms with van der Waals surface area (Å²) in [6.45, 7) is 0.841. The van der Waals surface area contributed by atoms with Crippen LogP contribution in [-0.4, -0.2) is 42.2 Å². The first-order chi connectivity index (χ1) is 17.6. The fourth-order valence-electron chi connectivity index (χ4n) is 4.63. The van der Waals surface area contributed by atoms with Crippen LogP contribution < -0.4 is 39.4 Å². The molecule has 184 valence electrons. The normalized spacial score (nSPS) is 17.3. The number of aliphatic carboxylic acids is 1. The van der Waals surface area contributed by atoms with Crippen LogP contribution in [0.4, 0.5) is 0 Å². The number of rotatable bonds is 9. The third-order valence-electron chi connectivity index (χ3n) is 6.35. The minimum absolute atomic E-state index is 0. The Morgan fingerprint density at radius 2 is 1.73 bits per heavy atom. The summed E-state index contributed by atoms with van der Waals surface area (Å²) in [6, 6.07) is 27.4. The number of carboxylic acids is 1. The van der Waals surface area contributed by atoms with Gasteiger partial charge in [-0.25, -0.2) is 4.98 Å². The molecule has 0 unspecified atom stereocenters. The molecule has 2 heterocycles. The first-order valence-corrected chi connectivity index (χ1v) is 11.9. The maximum atomic E-state index is 10.8. The molecule has 1 fully saturated rings. The van der Waals surface area contributed by atoms with Crippen molar-refractivity contribution in [3.05, 3.63) is 96.4 Å². The molecule has 0 amide bonds. The molecule has 3 aromatic carbocycles. The topological polar surface area (TPSA) is 87.9 Å². The summed E-state index contributed by atoms with van der Waals surface area (Å²) >= 11 is 0. The first-order valence-electron chi connectivity index (χ1n) is 11.9. The molecule has 1 aliphatic rings. The van der Waals surface area contributed by atoms with E-state index in [1.54, 1.807) is 13.2 Å². The van der Waals surface area contributed by atoms with Crippen LogP contribution in [-0.2, 0) is 16.1 Å². The molecule has 0 aliphatic carbocycles. The maximum Gasteiger partial charge on any atom is 1.00 e. The number of hydrogen-bond acceptors (Lipinski definition) is 7. The monoisotopic (exact) mass is 506 g/mol. The summed E-state index contributed by atoms with van der Waals surface area (Å²) < 4.78 is 17.5. The average molecular weight is 507 g/mol. The second-order valence-corrected chi connectivity index (χ2v) is 8.81. The van der Waals surface area contributed by atoms with Crippen LogP contribution in [0.3, 0.4) is 0 Å². The van der Waals surface area contributed by atoms with E-state index in [0.29, 0.717) is 18.2 Å². The van der Waals surface area contributed by atoms with Gasteiger partial charge in [-0.05, 0) is 24.1 Å². The van der Waals surface area contributed by atoms with Crippen molar-refractivity contribution in [3.8, 4) is 28.3 Å². The fourth-order valence-corrected chi connectivity index (χ4v) is 4.63. The summed E-state index contributed by atoms with van der Waals surface area (Å²) in [4.78, 5) is 18.0. The van der Waals surface area contributed by atoms with Crippen LogP contribution in [0.25, 0.3) is 22.6 Å². The number of nitrogens with zero attached hydrogens (tertiary/aromatic N) is 2. The molecule has 2 atom stereocenters. The zero-order valence-electron chi connectivity index (χ0n) is 21.0. The molecule has 0 spiro atoms. The number of oxazole rings is 1. The van der Waals surface area contributed by atoms with Gasteiger partial charge in [-0.2, -0.15) is 0 Å². The number of aromatic nitrogens is 1. The van der Waals surface area contributed by atoms with Gasteiger partial charge < -0.3 is 23.8 Å². The second kappa shape index (κ2) is 12.5. The number of carbonyl (C=O) groups excluding carboxylic acids is 1. The number of hydrogen-bond donors (Lipinski definition) is 0. The van der Waals surface area contributed by atoms with E-state index in [1.807, 2.05) is 78.9 Å². The first kappa shape index (κ1) is 27.1. The molecule has 1 saturated heterocycles.